The quantitative estimate of drug-likeness (QED) is 0.0169. The first-order valence-corrected chi connectivity index (χ1v) is 22.8. The van der Waals surface area contributed by atoms with Gasteiger partial charge in [0.2, 0.25) is 23.5 Å². The van der Waals surface area contributed by atoms with Crippen LogP contribution in [0, 0.1) is 5.92 Å². The van der Waals surface area contributed by atoms with E-state index in [2.05, 4.69) is 32.6 Å². The second-order valence-electron chi connectivity index (χ2n) is 16.2. The maximum absolute atomic E-state index is 14.0. The fourth-order valence-electron chi connectivity index (χ4n) is 7.28. The van der Waals surface area contributed by atoms with Gasteiger partial charge in [-0.05, 0) is 46.6 Å². The largest absolute Gasteiger partial charge is 0.461 e. The second kappa shape index (κ2) is 30.7. The van der Waals surface area contributed by atoms with Gasteiger partial charge in [0, 0.05) is 25.3 Å². The van der Waals surface area contributed by atoms with E-state index in [1.54, 1.807) is 24.3 Å². The number of fused-ring (bicyclic) bond motifs is 3. The van der Waals surface area contributed by atoms with E-state index in [4.69, 9.17) is 34.0 Å². The van der Waals surface area contributed by atoms with E-state index in [1.165, 1.54) is 6.08 Å². The van der Waals surface area contributed by atoms with E-state index in [9.17, 15) is 28.8 Å². The van der Waals surface area contributed by atoms with Crippen LogP contribution in [0.1, 0.15) is 62.1 Å². The average molecular weight is 941 g/mol. The lowest BCUT2D eigenvalue weighted by molar-refractivity contribution is -0.143. The van der Waals surface area contributed by atoms with Crippen molar-refractivity contribution in [2.24, 2.45) is 5.92 Å². The first-order valence-electron chi connectivity index (χ1n) is 22.8. The number of carbonyl (C=O) groups excluding carboxylic acids is 6. The summed E-state index contributed by atoms with van der Waals surface area (Å²) in [6, 6.07) is 21.3. The molecule has 3 aromatic rings. The van der Waals surface area contributed by atoms with E-state index in [0.29, 0.717) is 32.6 Å². The van der Waals surface area contributed by atoms with Gasteiger partial charge in [0.25, 0.3) is 0 Å². The molecule has 3 atom stereocenters. The molecule has 68 heavy (non-hydrogen) atoms. The number of nitrogens with one attached hydrogen (secondary N) is 4. The first kappa shape index (κ1) is 54.0. The number of nitrogens with zero attached hydrogens (tertiary/aromatic N) is 2. The van der Waals surface area contributed by atoms with Gasteiger partial charge in [-0.3, -0.25) is 24.0 Å². The molecule has 0 radical (unpaired) electrons. The molecule has 18 heteroatoms. The summed E-state index contributed by atoms with van der Waals surface area (Å²) in [5, 5.41) is 10.9. The molecule has 3 aromatic carbocycles. The van der Waals surface area contributed by atoms with Gasteiger partial charge in [0.15, 0.2) is 0 Å². The third-order valence-electron chi connectivity index (χ3n) is 10.6. The lowest BCUT2D eigenvalue weighted by atomic mass is 9.98. The zero-order chi connectivity index (χ0) is 48.9. The van der Waals surface area contributed by atoms with Crippen LogP contribution in [0.3, 0.4) is 0 Å². The number of hydrogen-bond donors (Lipinski definition) is 4. The topological polar surface area (TPSA) is 242 Å². The average Bonchev–Trinajstić information content (AvgIpc) is 3.65. The highest BCUT2D eigenvalue weighted by molar-refractivity contribution is 6.25. The molecule has 0 aromatic heterocycles. The minimum absolute atomic E-state index is 0.0240. The summed E-state index contributed by atoms with van der Waals surface area (Å²) in [4.78, 5) is 81.5. The van der Waals surface area contributed by atoms with Crippen LogP contribution in [0.15, 0.2) is 91.5 Å². The normalized spacial score (nSPS) is 12.9. The van der Waals surface area contributed by atoms with Crippen LogP contribution in [0.4, 0.5) is 4.79 Å². The Morgan fingerprint density at radius 2 is 1.22 bits per heavy atom. The number of esters is 1. The Morgan fingerprint density at radius 3 is 1.82 bits per heavy atom. The van der Waals surface area contributed by atoms with Gasteiger partial charge >= 0.3 is 18.3 Å². The van der Waals surface area contributed by atoms with Crippen molar-refractivity contribution in [1.82, 2.24) is 21.3 Å². The van der Waals surface area contributed by atoms with Crippen LogP contribution in [0.25, 0.3) is 16.7 Å². The van der Waals surface area contributed by atoms with Gasteiger partial charge in [-0.25, -0.2) is 4.79 Å². The van der Waals surface area contributed by atoms with Crippen molar-refractivity contribution >= 4 is 41.8 Å². The fraction of sp³-hybridized carbons (Fsp3) is 0.460. The molecule has 4 rings (SSSR count). The summed E-state index contributed by atoms with van der Waals surface area (Å²) in [7, 11) is 0. The molecule has 1 aliphatic rings. The predicted molar refractivity (Wildman–Crippen MR) is 251 cm³/mol. The molecule has 18 nitrogen and oxygen atoms in total. The van der Waals surface area contributed by atoms with E-state index < -0.39 is 47.7 Å². The smallest absolute Gasteiger partial charge is 0.407 e. The van der Waals surface area contributed by atoms with Crippen molar-refractivity contribution in [2.45, 2.75) is 70.0 Å². The number of Topliss-reactive ketones (excluding diaryl/α,β-unsaturated/α-hetero) is 1. The lowest BCUT2D eigenvalue weighted by Crippen LogP contribution is -2.57. The highest BCUT2D eigenvalue weighted by Gasteiger charge is 2.33. The Kier molecular flexibility index (Phi) is 24.4. The van der Waals surface area contributed by atoms with E-state index in [1.807, 2.05) is 68.4 Å². The van der Waals surface area contributed by atoms with Gasteiger partial charge in [0.05, 0.1) is 59.3 Å². The molecular formula is C50H64N6O12. The number of hydrogen-bond acceptors (Lipinski definition) is 12. The van der Waals surface area contributed by atoms with Gasteiger partial charge in [-0.15, -0.1) is 0 Å². The number of carbonyl (C=O) groups is 6. The summed E-state index contributed by atoms with van der Waals surface area (Å²) in [5.41, 5.74) is 13.9. The molecule has 1 aliphatic carbocycles. The number of ether oxygens (including phenoxy) is 6. The second-order valence-corrected chi connectivity index (χ2v) is 16.2. The molecule has 0 heterocycles. The molecule has 0 bridgehead atoms. The van der Waals surface area contributed by atoms with E-state index in [-0.39, 0.29) is 96.1 Å². The minimum Gasteiger partial charge on any atom is -0.461 e. The van der Waals surface area contributed by atoms with Crippen LogP contribution in [0.2, 0.25) is 0 Å². The Hall–Kier alpha value is -6.56. The first-order chi connectivity index (χ1) is 33.0. The molecule has 0 saturated heterocycles. The molecule has 0 spiro atoms. The molecule has 0 saturated carbocycles. The lowest BCUT2D eigenvalue weighted by Gasteiger charge is -2.26. The molecule has 4 N–H and O–H groups in total. The number of benzene rings is 3. The monoisotopic (exact) mass is 940 g/mol. The third-order valence-corrected chi connectivity index (χ3v) is 10.6. The minimum atomic E-state index is -1.34. The Morgan fingerprint density at radius 1 is 0.662 bits per heavy atom. The van der Waals surface area contributed by atoms with E-state index in [0.717, 1.165) is 27.8 Å². The summed E-state index contributed by atoms with van der Waals surface area (Å²) in [6.45, 7) is 9.78. The van der Waals surface area contributed by atoms with Crippen LogP contribution in [-0.4, -0.2) is 137 Å². The van der Waals surface area contributed by atoms with Crippen LogP contribution in [-0.2, 0) is 58.8 Å². The molecule has 366 valence electrons. The fourth-order valence-corrected chi connectivity index (χ4v) is 7.28. The van der Waals surface area contributed by atoms with Crippen molar-refractivity contribution in [1.29, 1.82) is 0 Å². The zero-order valence-electron chi connectivity index (χ0n) is 38.9. The van der Waals surface area contributed by atoms with E-state index >= 15 is 0 Å². The highest BCUT2D eigenvalue weighted by Crippen LogP contribution is 2.44. The maximum atomic E-state index is 14.0. The van der Waals surface area contributed by atoms with Crippen LogP contribution >= 0.6 is 0 Å². The molecular weight excluding hydrogens is 877 g/mol. The zero-order valence-corrected chi connectivity index (χ0v) is 38.9. The number of alkyl carbamates (subject to hydrolysis) is 1. The predicted octanol–water partition coefficient (Wildman–Crippen LogP) is 4.10. The number of ketones is 1. The molecule has 4 amide bonds. The summed E-state index contributed by atoms with van der Waals surface area (Å²) in [5.74, 6) is -3.20. The Bertz CT molecular complexity index is 2100. The van der Waals surface area contributed by atoms with Gasteiger partial charge in [-0.1, -0.05) is 105 Å². The Labute approximate surface area is 397 Å². The maximum Gasteiger partial charge on any atom is 0.407 e. The summed E-state index contributed by atoms with van der Waals surface area (Å²) < 4.78 is 32.5. The van der Waals surface area contributed by atoms with Crippen molar-refractivity contribution in [3.63, 3.8) is 0 Å². The number of rotatable bonds is 33. The van der Waals surface area contributed by atoms with Crippen LogP contribution < -0.4 is 21.3 Å². The van der Waals surface area contributed by atoms with Gasteiger partial charge in [-0.2, -0.15) is 4.79 Å². The van der Waals surface area contributed by atoms with Crippen LogP contribution in [0.5, 0.6) is 0 Å². The molecule has 0 aliphatic heterocycles. The SMILES string of the molecule is C=CCOC(=O)CCOCCOCCOCCOCCNC(=O)[C@H](Cc1ccccc1)NC(=O)[C@H](CCC(=O)C=[N+]=[N-])NC(=O)[C@H](CC(C)C)NC(=O)OCC1c2ccccc2-c2ccccc21. The third kappa shape index (κ3) is 19.3. The van der Waals surface area contributed by atoms with Crippen molar-refractivity contribution in [3.8, 4) is 11.1 Å². The van der Waals surface area contributed by atoms with Crippen molar-refractivity contribution in [2.75, 3.05) is 72.6 Å². The van der Waals surface area contributed by atoms with Crippen molar-refractivity contribution in [3.05, 3.63) is 114 Å². The summed E-state index contributed by atoms with van der Waals surface area (Å²) >= 11 is 0. The molecule has 0 fully saturated rings. The number of amides is 4. The molecule has 0 unspecified atom stereocenters. The van der Waals surface area contributed by atoms with Gasteiger partial charge < -0.3 is 55.2 Å². The Balaban J connectivity index is 1.28. The standard InChI is InChI=1S/C50H64N6O12/c1-4-22-67-46(58)20-23-63-25-27-65-29-30-66-28-26-64-24-21-52-47(59)45(32-36-12-6-5-7-13-36)55-48(60)43(19-18-37(57)33-53-51)54-49(61)44(31-35(2)3)56-50(62)68-34-42-40-16-10-8-14-38(40)39-15-9-11-17-41(39)42/h4-17,33,35,42-45H,1,18-32,34H2,2-3H3,(H,52,59)(H,54,61)(H,55,60)(H,56,62)/t43-,44-,45-/m0/s1. The summed E-state index contributed by atoms with van der Waals surface area (Å²) in [6.07, 6.45) is 1.32. The highest BCUT2D eigenvalue weighted by atomic mass is 16.6. The van der Waals surface area contributed by atoms with Crippen molar-refractivity contribution < 1.29 is 62.0 Å². The van der Waals surface area contributed by atoms with Gasteiger partial charge in [0.1, 0.15) is 31.3 Å².